The highest BCUT2D eigenvalue weighted by atomic mass is 19.1. The van der Waals surface area contributed by atoms with Gasteiger partial charge in [0.05, 0.1) is 11.9 Å². The standard InChI is InChI=1S/C21H18FN5/c22-20-14(10-15-11-25-21-17(15)2-1-9-23-21)5-8-19(27-20)26-16-6-7-18(24-12-16)13-3-4-13/h1-2,5-9,11-13H,3-4,10H2,(H,23,25)(H,26,27). The first kappa shape index (κ1) is 15.9. The van der Waals surface area contributed by atoms with Crippen molar-refractivity contribution in [1.29, 1.82) is 0 Å². The van der Waals surface area contributed by atoms with E-state index in [2.05, 4.69) is 25.3 Å². The normalized spacial score (nSPS) is 13.8. The number of nitrogens with one attached hydrogen (secondary N) is 2. The Morgan fingerprint density at radius 2 is 2.00 bits per heavy atom. The molecular formula is C21H18FN5. The van der Waals surface area contributed by atoms with Gasteiger partial charge in [-0.3, -0.25) is 4.98 Å². The van der Waals surface area contributed by atoms with Crippen LogP contribution in [0.3, 0.4) is 0 Å². The molecule has 6 heteroatoms. The van der Waals surface area contributed by atoms with E-state index < -0.39 is 5.95 Å². The highest BCUT2D eigenvalue weighted by Crippen LogP contribution is 2.39. The second kappa shape index (κ2) is 6.46. The van der Waals surface area contributed by atoms with Gasteiger partial charge >= 0.3 is 0 Å². The van der Waals surface area contributed by atoms with Crippen molar-refractivity contribution in [3.63, 3.8) is 0 Å². The molecule has 1 fully saturated rings. The van der Waals surface area contributed by atoms with Crippen molar-refractivity contribution in [1.82, 2.24) is 19.9 Å². The number of fused-ring (bicyclic) bond motifs is 1. The van der Waals surface area contributed by atoms with Crippen molar-refractivity contribution in [2.24, 2.45) is 0 Å². The van der Waals surface area contributed by atoms with Gasteiger partial charge in [-0.25, -0.2) is 9.97 Å². The highest BCUT2D eigenvalue weighted by molar-refractivity contribution is 5.79. The zero-order valence-corrected chi connectivity index (χ0v) is 14.6. The summed E-state index contributed by atoms with van der Waals surface area (Å²) in [5.41, 5.74) is 4.29. The van der Waals surface area contributed by atoms with Gasteiger partial charge in [-0.2, -0.15) is 4.39 Å². The number of rotatable bonds is 5. The maximum Gasteiger partial charge on any atom is 0.218 e. The maximum absolute atomic E-state index is 14.5. The van der Waals surface area contributed by atoms with Crippen LogP contribution in [0.5, 0.6) is 0 Å². The molecular weight excluding hydrogens is 341 g/mol. The lowest BCUT2D eigenvalue weighted by Gasteiger charge is -2.08. The van der Waals surface area contributed by atoms with Gasteiger partial charge in [-0.05, 0) is 48.7 Å². The van der Waals surface area contributed by atoms with Crippen molar-refractivity contribution < 1.29 is 4.39 Å². The predicted octanol–water partition coefficient (Wildman–Crippen LogP) is 4.70. The monoisotopic (exact) mass is 359 g/mol. The molecule has 1 aliphatic carbocycles. The summed E-state index contributed by atoms with van der Waals surface area (Å²) in [6.07, 6.45) is 8.29. The van der Waals surface area contributed by atoms with E-state index in [0.717, 1.165) is 28.0 Å². The molecule has 134 valence electrons. The van der Waals surface area contributed by atoms with Gasteiger partial charge in [0.2, 0.25) is 5.95 Å². The van der Waals surface area contributed by atoms with Crippen LogP contribution in [0.15, 0.2) is 55.0 Å². The molecule has 0 spiro atoms. The highest BCUT2D eigenvalue weighted by Gasteiger charge is 2.24. The maximum atomic E-state index is 14.5. The van der Waals surface area contributed by atoms with Gasteiger partial charge in [0.1, 0.15) is 11.5 Å². The first-order chi connectivity index (χ1) is 13.3. The van der Waals surface area contributed by atoms with Crippen molar-refractivity contribution >= 4 is 22.5 Å². The van der Waals surface area contributed by atoms with Crippen LogP contribution in [-0.4, -0.2) is 19.9 Å². The quantitative estimate of drug-likeness (QED) is 0.507. The number of hydrogen-bond donors (Lipinski definition) is 2. The molecule has 5 nitrogen and oxygen atoms in total. The Morgan fingerprint density at radius 1 is 1.07 bits per heavy atom. The van der Waals surface area contributed by atoms with E-state index in [0.29, 0.717) is 23.7 Å². The van der Waals surface area contributed by atoms with Gasteiger partial charge in [0.25, 0.3) is 0 Å². The van der Waals surface area contributed by atoms with Crippen LogP contribution in [0.1, 0.15) is 35.6 Å². The average Bonchev–Trinajstić information content (AvgIpc) is 3.46. The molecule has 0 aromatic carbocycles. The zero-order valence-electron chi connectivity index (χ0n) is 14.6. The third kappa shape index (κ3) is 3.26. The van der Waals surface area contributed by atoms with E-state index in [1.165, 1.54) is 12.8 Å². The number of H-pyrrole nitrogens is 1. The molecule has 4 aromatic rings. The van der Waals surface area contributed by atoms with Gasteiger partial charge in [-0.15, -0.1) is 0 Å². The van der Waals surface area contributed by atoms with Crippen LogP contribution in [0, 0.1) is 5.95 Å². The first-order valence-corrected chi connectivity index (χ1v) is 9.05. The molecule has 0 amide bonds. The fraction of sp³-hybridized carbons (Fsp3) is 0.190. The fourth-order valence-electron chi connectivity index (χ4n) is 3.28. The van der Waals surface area contributed by atoms with Crippen LogP contribution < -0.4 is 5.32 Å². The Kier molecular flexibility index (Phi) is 3.81. The molecule has 4 aromatic heterocycles. The number of anilines is 2. The molecule has 1 aliphatic rings. The lowest BCUT2D eigenvalue weighted by atomic mass is 10.1. The van der Waals surface area contributed by atoms with E-state index in [1.807, 2.05) is 30.5 Å². The summed E-state index contributed by atoms with van der Waals surface area (Å²) in [6.45, 7) is 0. The lowest BCUT2D eigenvalue weighted by molar-refractivity contribution is 0.572. The van der Waals surface area contributed by atoms with Crippen LogP contribution in [0.25, 0.3) is 11.0 Å². The summed E-state index contributed by atoms with van der Waals surface area (Å²) in [7, 11) is 0. The fourth-order valence-corrected chi connectivity index (χ4v) is 3.28. The van der Waals surface area contributed by atoms with E-state index in [1.54, 1.807) is 24.5 Å². The summed E-state index contributed by atoms with van der Waals surface area (Å²) >= 11 is 0. The summed E-state index contributed by atoms with van der Waals surface area (Å²) in [5.74, 6) is 0.618. The van der Waals surface area contributed by atoms with Crippen LogP contribution in [-0.2, 0) is 6.42 Å². The Balaban J connectivity index is 1.34. The minimum Gasteiger partial charge on any atom is -0.346 e. The number of pyridine rings is 3. The summed E-state index contributed by atoms with van der Waals surface area (Å²) in [4.78, 5) is 15.9. The van der Waals surface area contributed by atoms with E-state index in [9.17, 15) is 4.39 Å². The smallest absolute Gasteiger partial charge is 0.218 e. The molecule has 5 rings (SSSR count). The number of aromatic amines is 1. The number of halogens is 1. The van der Waals surface area contributed by atoms with Crippen LogP contribution >= 0.6 is 0 Å². The number of hydrogen-bond acceptors (Lipinski definition) is 4. The van der Waals surface area contributed by atoms with Gasteiger partial charge in [-0.1, -0.05) is 6.07 Å². The molecule has 2 N–H and O–H groups in total. The SMILES string of the molecule is Fc1nc(Nc2ccc(C3CC3)nc2)ccc1Cc1c[nH]c2ncccc12. The summed E-state index contributed by atoms with van der Waals surface area (Å²) in [5, 5.41) is 4.12. The van der Waals surface area contributed by atoms with E-state index >= 15 is 0 Å². The van der Waals surface area contributed by atoms with Gasteiger partial charge in [0.15, 0.2) is 0 Å². The van der Waals surface area contributed by atoms with Gasteiger partial charge < -0.3 is 10.3 Å². The topological polar surface area (TPSA) is 66.5 Å². The second-order valence-electron chi connectivity index (χ2n) is 6.91. The molecule has 27 heavy (non-hydrogen) atoms. The van der Waals surface area contributed by atoms with Crippen LogP contribution in [0.2, 0.25) is 0 Å². The van der Waals surface area contributed by atoms with Crippen molar-refractivity contribution in [2.75, 3.05) is 5.32 Å². The Morgan fingerprint density at radius 3 is 2.78 bits per heavy atom. The zero-order chi connectivity index (χ0) is 18.2. The minimum absolute atomic E-state index is 0.461. The van der Waals surface area contributed by atoms with Crippen molar-refractivity contribution in [3.8, 4) is 0 Å². The summed E-state index contributed by atoms with van der Waals surface area (Å²) < 4.78 is 14.5. The second-order valence-corrected chi connectivity index (χ2v) is 6.91. The van der Waals surface area contributed by atoms with Crippen molar-refractivity contribution in [2.45, 2.75) is 25.2 Å². The van der Waals surface area contributed by atoms with Gasteiger partial charge in [0, 0.05) is 41.4 Å². The molecule has 0 bridgehead atoms. The van der Waals surface area contributed by atoms with E-state index in [4.69, 9.17) is 0 Å². The number of nitrogens with zero attached hydrogens (tertiary/aromatic N) is 3. The third-order valence-corrected chi connectivity index (χ3v) is 4.90. The lowest BCUT2D eigenvalue weighted by Crippen LogP contribution is -2.00. The largest absolute Gasteiger partial charge is 0.346 e. The minimum atomic E-state index is -0.471. The molecule has 0 radical (unpaired) electrons. The van der Waals surface area contributed by atoms with E-state index in [-0.39, 0.29) is 0 Å². The average molecular weight is 359 g/mol. The third-order valence-electron chi connectivity index (χ3n) is 4.90. The Bertz CT molecular complexity index is 1100. The predicted molar refractivity (Wildman–Crippen MR) is 103 cm³/mol. The van der Waals surface area contributed by atoms with Crippen LogP contribution in [0.4, 0.5) is 15.9 Å². The molecule has 0 saturated heterocycles. The Hall–Kier alpha value is -3.28. The molecule has 1 saturated carbocycles. The molecule has 0 unspecified atom stereocenters. The Labute approximate surface area is 155 Å². The molecule has 0 atom stereocenters. The summed E-state index contributed by atoms with van der Waals surface area (Å²) in [6, 6.07) is 11.4. The van der Waals surface area contributed by atoms with Crippen molar-refractivity contribution in [3.05, 3.63) is 77.8 Å². The molecule has 4 heterocycles. The number of aromatic nitrogens is 4. The first-order valence-electron chi connectivity index (χ1n) is 9.05. The molecule has 0 aliphatic heterocycles.